The Kier molecular flexibility index (Phi) is 5.05. The Morgan fingerprint density at radius 3 is 2.50 bits per heavy atom. The molecule has 1 saturated heterocycles. The second-order valence-electron chi connectivity index (χ2n) is 6.75. The number of benzene rings is 2. The number of hydrogen-bond donors (Lipinski definition) is 1. The van der Waals surface area contributed by atoms with Crippen molar-refractivity contribution in [1.82, 2.24) is 5.16 Å². The molecule has 2 aromatic carbocycles. The van der Waals surface area contributed by atoms with E-state index in [1.807, 2.05) is 0 Å². The lowest BCUT2D eigenvalue weighted by molar-refractivity contribution is -0.132. The Labute approximate surface area is 177 Å². The van der Waals surface area contributed by atoms with Crippen molar-refractivity contribution in [2.75, 3.05) is 12.0 Å². The minimum Gasteiger partial charge on any atom is -0.507 e. The van der Waals surface area contributed by atoms with Crippen LogP contribution in [0.25, 0.3) is 5.76 Å². The fourth-order valence-electron chi connectivity index (χ4n) is 3.43. The maximum Gasteiger partial charge on any atom is 0.301 e. The SMILES string of the molecule is COc1ccc(C(O)=C2C(=O)C(=O)N(c3cc(C)on3)C2c2cccc(Cl)c2)cc1. The van der Waals surface area contributed by atoms with Gasteiger partial charge in [0.2, 0.25) is 0 Å². The highest BCUT2D eigenvalue weighted by Gasteiger charge is 2.48. The molecular weight excluding hydrogens is 408 g/mol. The zero-order valence-corrected chi connectivity index (χ0v) is 16.9. The van der Waals surface area contributed by atoms with Gasteiger partial charge in [-0.05, 0) is 48.9 Å². The van der Waals surface area contributed by atoms with Crippen LogP contribution >= 0.6 is 11.6 Å². The average Bonchev–Trinajstić information content (AvgIpc) is 3.28. The molecule has 0 bridgehead atoms. The van der Waals surface area contributed by atoms with Crippen molar-refractivity contribution in [1.29, 1.82) is 0 Å². The Morgan fingerprint density at radius 2 is 1.90 bits per heavy atom. The number of aryl methyl sites for hydroxylation is 1. The summed E-state index contributed by atoms with van der Waals surface area (Å²) >= 11 is 6.16. The second kappa shape index (κ2) is 7.68. The molecule has 0 saturated carbocycles. The van der Waals surface area contributed by atoms with E-state index >= 15 is 0 Å². The van der Waals surface area contributed by atoms with Crippen molar-refractivity contribution in [3.63, 3.8) is 0 Å². The molecule has 0 radical (unpaired) electrons. The Hall–Kier alpha value is -3.58. The van der Waals surface area contributed by atoms with Gasteiger partial charge in [0.05, 0.1) is 18.7 Å². The number of rotatable bonds is 4. The van der Waals surface area contributed by atoms with Crippen molar-refractivity contribution < 1.29 is 24.0 Å². The van der Waals surface area contributed by atoms with Gasteiger partial charge >= 0.3 is 5.91 Å². The third kappa shape index (κ3) is 3.33. The minimum absolute atomic E-state index is 0.0620. The van der Waals surface area contributed by atoms with Gasteiger partial charge < -0.3 is 14.4 Å². The normalized spacial score (nSPS) is 18.1. The largest absolute Gasteiger partial charge is 0.507 e. The van der Waals surface area contributed by atoms with E-state index in [0.29, 0.717) is 27.7 Å². The third-order valence-corrected chi connectivity index (χ3v) is 5.07. The lowest BCUT2D eigenvalue weighted by atomic mass is 9.95. The summed E-state index contributed by atoms with van der Waals surface area (Å²) in [6, 6.07) is 13.9. The molecule has 1 aliphatic heterocycles. The monoisotopic (exact) mass is 424 g/mol. The summed E-state index contributed by atoms with van der Waals surface area (Å²) in [7, 11) is 1.53. The number of amides is 1. The second-order valence-corrected chi connectivity index (χ2v) is 7.18. The number of carbonyl (C=O) groups excluding carboxylic acids is 2. The number of anilines is 1. The van der Waals surface area contributed by atoms with Gasteiger partial charge in [0.25, 0.3) is 5.78 Å². The molecule has 0 aliphatic carbocycles. The van der Waals surface area contributed by atoms with E-state index in [4.69, 9.17) is 20.9 Å². The Bertz CT molecular complexity index is 1170. The van der Waals surface area contributed by atoms with Crippen molar-refractivity contribution >= 4 is 34.9 Å². The van der Waals surface area contributed by atoms with Crippen LogP contribution in [0.5, 0.6) is 5.75 Å². The van der Waals surface area contributed by atoms with Crippen molar-refractivity contribution in [2.24, 2.45) is 0 Å². The van der Waals surface area contributed by atoms with Crippen LogP contribution in [-0.4, -0.2) is 29.1 Å². The van der Waals surface area contributed by atoms with Crippen LogP contribution in [0.2, 0.25) is 5.02 Å². The molecule has 1 aromatic heterocycles. The van der Waals surface area contributed by atoms with Crippen molar-refractivity contribution in [3.05, 3.63) is 82.1 Å². The first kappa shape index (κ1) is 19.7. The summed E-state index contributed by atoms with van der Waals surface area (Å²) in [6.45, 7) is 1.68. The smallest absolute Gasteiger partial charge is 0.301 e. The number of carbonyl (C=O) groups is 2. The number of ketones is 1. The number of ether oxygens (including phenoxy) is 1. The molecule has 8 heteroatoms. The molecule has 152 valence electrons. The summed E-state index contributed by atoms with van der Waals surface area (Å²) in [6.07, 6.45) is 0. The van der Waals surface area contributed by atoms with E-state index in [2.05, 4.69) is 5.16 Å². The molecular formula is C22H17ClN2O5. The van der Waals surface area contributed by atoms with Gasteiger partial charge in [0.15, 0.2) is 5.82 Å². The van der Waals surface area contributed by atoms with Crippen LogP contribution in [0.1, 0.15) is 22.9 Å². The van der Waals surface area contributed by atoms with Gasteiger partial charge in [-0.2, -0.15) is 0 Å². The molecule has 2 heterocycles. The lowest BCUT2D eigenvalue weighted by Gasteiger charge is -2.23. The topological polar surface area (TPSA) is 92.9 Å². The first-order valence-electron chi connectivity index (χ1n) is 9.05. The predicted octanol–water partition coefficient (Wildman–Crippen LogP) is 4.27. The summed E-state index contributed by atoms with van der Waals surface area (Å²) < 4.78 is 10.2. The van der Waals surface area contributed by atoms with Crippen LogP contribution in [0.15, 0.2) is 64.7 Å². The average molecular weight is 425 g/mol. The molecule has 1 aliphatic rings. The van der Waals surface area contributed by atoms with Gasteiger partial charge in [-0.3, -0.25) is 14.5 Å². The summed E-state index contributed by atoms with van der Waals surface area (Å²) in [5, 5.41) is 15.3. The van der Waals surface area contributed by atoms with E-state index in [-0.39, 0.29) is 17.2 Å². The maximum absolute atomic E-state index is 13.0. The number of hydrogen-bond acceptors (Lipinski definition) is 6. The maximum atomic E-state index is 13.0. The summed E-state index contributed by atoms with van der Waals surface area (Å²) in [5.41, 5.74) is 0.864. The lowest BCUT2D eigenvalue weighted by Crippen LogP contribution is -2.29. The van der Waals surface area contributed by atoms with Crippen LogP contribution in [0, 0.1) is 6.92 Å². The number of aliphatic hydroxyl groups is 1. The van der Waals surface area contributed by atoms with Gasteiger partial charge in [-0.25, -0.2) is 0 Å². The fourth-order valence-corrected chi connectivity index (χ4v) is 3.63. The summed E-state index contributed by atoms with van der Waals surface area (Å²) in [4.78, 5) is 27.1. The van der Waals surface area contributed by atoms with Crippen molar-refractivity contribution in [2.45, 2.75) is 13.0 Å². The predicted molar refractivity (Wildman–Crippen MR) is 110 cm³/mol. The number of aliphatic hydroxyl groups excluding tert-OH is 1. The highest BCUT2D eigenvalue weighted by Crippen LogP contribution is 2.42. The molecule has 1 atom stereocenters. The number of methoxy groups -OCH3 is 1. The van der Waals surface area contributed by atoms with E-state index in [0.717, 1.165) is 0 Å². The number of aromatic nitrogens is 1. The van der Waals surface area contributed by atoms with Gasteiger partial charge in [-0.15, -0.1) is 0 Å². The summed E-state index contributed by atoms with van der Waals surface area (Å²) in [5.74, 6) is -0.697. The third-order valence-electron chi connectivity index (χ3n) is 4.83. The first-order chi connectivity index (χ1) is 14.4. The van der Waals surface area contributed by atoms with E-state index in [1.165, 1.54) is 12.0 Å². The van der Waals surface area contributed by atoms with Crippen LogP contribution in [-0.2, 0) is 9.59 Å². The zero-order chi connectivity index (χ0) is 21.4. The van der Waals surface area contributed by atoms with Gasteiger partial charge in [0.1, 0.15) is 17.3 Å². The Balaban J connectivity index is 1.92. The first-order valence-corrected chi connectivity index (χ1v) is 9.42. The van der Waals surface area contributed by atoms with Crippen LogP contribution in [0.4, 0.5) is 5.82 Å². The quantitative estimate of drug-likeness (QED) is 0.382. The van der Waals surface area contributed by atoms with Gasteiger partial charge in [-0.1, -0.05) is 28.9 Å². The molecule has 4 rings (SSSR count). The van der Waals surface area contributed by atoms with Gasteiger partial charge in [0, 0.05) is 16.7 Å². The Morgan fingerprint density at radius 1 is 1.17 bits per heavy atom. The highest BCUT2D eigenvalue weighted by atomic mass is 35.5. The van der Waals surface area contributed by atoms with Crippen LogP contribution < -0.4 is 9.64 Å². The van der Waals surface area contributed by atoms with E-state index in [1.54, 1.807) is 61.5 Å². The molecule has 1 N–H and O–H groups in total. The molecule has 7 nitrogen and oxygen atoms in total. The number of halogens is 1. The zero-order valence-electron chi connectivity index (χ0n) is 16.1. The minimum atomic E-state index is -0.921. The molecule has 0 spiro atoms. The van der Waals surface area contributed by atoms with Crippen molar-refractivity contribution in [3.8, 4) is 5.75 Å². The van der Waals surface area contributed by atoms with E-state index in [9.17, 15) is 14.7 Å². The molecule has 1 fully saturated rings. The molecule has 1 unspecified atom stereocenters. The number of nitrogens with zero attached hydrogens (tertiary/aromatic N) is 2. The van der Waals surface area contributed by atoms with Crippen LogP contribution in [0.3, 0.4) is 0 Å². The molecule has 1 amide bonds. The number of Topliss-reactive ketones (excluding diaryl/α,β-unsaturated/α-hetero) is 1. The fraction of sp³-hybridized carbons (Fsp3) is 0.136. The van der Waals surface area contributed by atoms with E-state index < -0.39 is 17.7 Å². The standard InChI is InChI=1S/C22H17ClN2O5/c1-12-10-17(24-30-12)25-19(14-4-3-5-15(23)11-14)18(21(27)22(25)28)20(26)13-6-8-16(29-2)9-7-13/h3-11,19,26H,1-2H3. The highest BCUT2D eigenvalue weighted by molar-refractivity contribution is 6.51. The molecule has 3 aromatic rings. The molecule has 30 heavy (non-hydrogen) atoms.